The van der Waals surface area contributed by atoms with E-state index in [1.807, 2.05) is 31.0 Å². The maximum Gasteiger partial charge on any atom is 0.0629 e. The van der Waals surface area contributed by atoms with Gasteiger partial charge in [-0.05, 0) is 31.0 Å². The second-order valence-electron chi connectivity index (χ2n) is 4.39. The van der Waals surface area contributed by atoms with Crippen molar-refractivity contribution in [2.45, 2.75) is 29.2 Å². The minimum absolute atomic E-state index is 0.166. The zero-order valence-corrected chi connectivity index (χ0v) is 12.8. The fourth-order valence-electron chi connectivity index (χ4n) is 1.72. The summed E-state index contributed by atoms with van der Waals surface area (Å²) in [5.41, 5.74) is 7.17. The van der Waals surface area contributed by atoms with Crippen LogP contribution in [-0.2, 0) is 13.5 Å². The van der Waals surface area contributed by atoms with Crippen LogP contribution in [0.15, 0.2) is 44.9 Å². The fraction of sp³-hybridized carbons (Fsp3) is 0.308. The van der Waals surface area contributed by atoms with Crippen molar-refractivity contribution in [2.75, 3.05) is 0 Å². The summed E-state index contributed by atoms with van der Waals surface area (Å²) in [7, 11) is 1.92. The molecular formula is C13H16BrN3S. The number of hydrogen-bond acceptors (Lipinski definition) is 3. The van der Waals surface area contributed by atoms with E-state index in [1.165, 1.54) is 10.5 Å². The fourth-order valence-corrected chi connectivity index (χ4v) is 3.26. The van der Waals surface area contributed by atoms with Crippen molar-refractivity contribution in [1.82, 2.24) is 9.78 Å². The molecule has 0 spiro atoms. The molecule has 0 aliphatic heterocycles. The Morgan fingerprint density at radius 3 is 2.89 bits per heavy atom. The monoisotopic (exact) mass is 325 g/mol. The van der Waals surface area contributed by atoms with Gasteiger partial charge in [0.1, 0.15) is 0 Å². The van der Waals surface area contributed by atoms with E-state index in [4.69, 9.17) is 5.73 Å². The molecule has 1 aromatic carbocycles. The molecule has 96 valence electrons. The molecular weight excluding hydrogens is 310 g/mol. The molecule has 1 heterocycles. The lowest BCUT2D eigenvalue weighted by Crippen LogP contribution is -2.18. The first kappa shape index (κ1) is 13.6. The molecule has 18 heavy (non-hydrogen) atoms. The SMILES string of the molecule is CC(N)Cc1ccc(Br)cc1Sc1cnn(C)c1. The lowest BCUT2D eigenvalue weighted by Gasteiger charge is -2.11. The van der Waals surface area contributed by atoms with Crippen molar-refractivity contribution in [2.24, 2.45) is 12.8 Å². The summed E-state index contributed by atoms with van der Waals surface area (Å²) in [4.78, 5) is 2.37. The average molecular weight is 326 g/mol. The number of nitrogens with two attached hydrogens (primary N) is 1. The highest BCUT2D eigenvalue weighted by Crippen LogP contribution is 2.32. The number of rotatable bonds is 4. The Morgan fingerprint density at radius 1 is 1.50 bits per heavy atom. The largest absolute Gasteiger partial charge is 0.328 e. The summed E-state index contributed by atoms with van der Waals surface area (Å²) in [6, 6.07) is 6.49. The van der Waals surface area contributed by atoms with Crippen LogP contribution in [0.5, 0.6) is 0 Å². The Bertz CT molecular complexity index is 537. The van der Waals surface area contributed by atoms with Gasteiger partial charge in [0.2, 0.25) is 0 Å². The van der Waals surface area contributed by atoms with Gasteiger partial charge in [-0.15, -0.1) is 0 Å². The van der Waals surface area contributed by atoms with Crippen molar-refractivity contribution < 1.29 is 0 Å². The van der Waals surface area contributed by atoms with E-state index in [9.17, 15) is 0 Å². The number of benzene rings is 1. The molecule has 2 aromatic rings. The van der Waals surface area contributed by atoms with E-state index in [0.717, 1.165) is 15.8 Å². The molecule has 0 aliphatic carbocycles. The smallest absolute Gasteiger partial charge is 0.0629 e. The van der Waals surface area contributed by atoms with Crippen LogP contribution in [0.1, 0.15) is 12.5 Å². The van der Waals surface area contributed by atoms with Gasteiger partial charge in [0.25, 0.3) is 0 Å². The zero-order valence-electron chi connectivity index (χ0n) is 10.4. The molecule has 0 fully saturated rings. The number of hydrogen-bond donors (Lipinski definition) is 1. The summed E-state index contributed by atoms with van der Waals surface area (Å²) < 4.78 is 2.90. The highest BCUT2D eigenvalue weighted by Gasteiger charge is 2.08. The topological polar surface area (TPSA) is 43.8 Å². The minimum Gasteiger partial charge on any atom is -0.328 e. The number of aromatic nitrogens is 2. The zero-order chi connectivity index (χ0) is 13.1. The first-order valence-electron chi connectivity index (χ1n) is 5.75. The van der Waals surface area contributed by atoms with Crippen molar-refractivity contribution in [3.05, 3.63) is 40.6 Å². The van der Waals surface area contributed by atoms with Crippen molar-refractivity contribution in [3.63, 3.8) is 0 Å². The summed E-state index contributed by atoms with van der Waals surface area (Å²) in [5.74, 6) is 0. The molecule has 1 aromatic heterocycles. The second kappa shape index (κ2) is 5.91. The molecule has 0 amide bonds. The Hall–Kier alpha value is -0.780. The molecule has 0 saturated heterocycles. The van der Waals surface area contributed by atoms with Gasteiger partial charge in [0.05, 0.1) is 11.1 Å². The molecule has 0 saturated carbocycles. The van der Waals surface area contributed by atoms with Crippen LogP contribution >= 0.6 is 27.7 Å². The molecule has 2 N–H and O–H groups in total. The van der Waals surface area contributed by atoms with E-state index in [1.54, 1.807) is 11.8 Å². The molecule has 2 rings (SSSR count). The van der Waals surface area contributed by atoms with Crippen LogP contribution in [0.4, 0.5) is 0 Å². The van der Waals surface area contributed by atoms with E-state index >= 15 is 0 Å². The van der Waals surface area contributed by atoms with Gasteiger partial charge in [-0.1, -0.05) is 33.8 Å². The van der Waals surface area contributed by atoms with Gasteiger partial charge in [0, 0.05) is 28.7 Å². The third-order valence-corrected chi connectivity index (χ3v) is 4.02. The maximum atomic E-state index is 5.89. The molecule has 1 unspecified atom stereocenters. The van der Waals surface area contributed by atoms with Gasteiger partial charge < -0.3 is 5.73 Å². The Kier molecular flexibility index (Phi) is 4.48. The first-order chi connectivity index (χ1) is 8.54. The third kappa shape index (κ3) is 3.60. The summed E-state index contributed by atoms with van der Waals surface area (Å²) in [5, 5.41) is 4.19. The van der Waals surface area contributed by atoms with Crippen molar-refractivity contribution in [1.29, 1.82) is 0 Å². The van der Waals surface area contributed by atoms with Gasteiger partial charge in [-0.3, -0.25) is 4.68 Å². The minimum atomic E-state index is 0.166. The molecule has 0 bridgehead atoms. The quantitative estimate of drug-likeness (QED) is 0.938. The predicted molar refractivity (Wildman–Crippen MR) is 78.8 cm³/mol. The van der Waals surface area contributed by atoms with Crippen LogP contribution in [-0.4, -0.2) is 15.8 Å². The average Bonchev–Trinajstić information content (AvgIpc) is 2.67. The van der Waals surface area contributed by atoms with Crippen LogP contribution in [0.25, 0.3) is 0 Å². The number of halogens is 1. The standard InChI is InChI=1S/C13H16BrN3S/c1-9(15)5-10-3-4-11(14)6-13(10)18-12-7-16-17(2)8-12/h3-4,6-9H,5,15H2,1-2H3. The van der Waals surface area contributed by atoms with Gasteiger partial charge in [-0.25, -0.2) is 0 Å². The van der Waals surface area contributed by atoms with Crippen LogP contribution < -0.4 is 5.73 Å². The second-order valence-corrected chi connectivity index (χ2v) is 6.42. The number of nitrogens with zero attached hydrogens (tertiary/aromatic N) is 2. The highest BCUT2D eigenvalue weighted by molar-refractivity contribution is 9.10. The lowest BCUT2D eigenvalue weighted by molar-refractivity contribution is 0.729. The van der Waals surface area contributed by atoms with Crippen molar-refractivity contribution >= 4 is 27.7 Å². The Morgan fingerprint density at radius 2 is 2.28 bits per heavy atom. The van der Waals surface area contributed by atoms with Crippen LogP contribution in [0.2, 0.25) is 0 Å². The van der Waals surface area contributed by atoms with Gasteiger partial charge in [-0.2, -0.15) is 5.10 Å². The third-order valence-electron chi connectivity index (χ3n) is 2.48. The Labute approximate surface area is 120 Å². The van der Waals surface area contributed by atoms with Gasteiger partial charge in [0.15, 0.2) is 0 Å². The highest BCUT2D eigenvalue weighted by atomic mass is 79.9. The van der Waals surface area contributed by atoms with E-state index < -0.39 is 0 Å². The maximum absolute atomic E-state index is 5.89. The van der Waals surface area contributed by atoms with Crippen LogP contribution in [0, 0.1) is 0 Å². The summed E-state index contributed by atoms with van der Waals surface area (Å²) in [6.07, 6.45) is 4.78. The lowest BCUT2D eigenvalue weighted by atomic mass is 10.1. The normalized spacial score (nSPS) is 12.7. The molecule has 3 nitrogen and oxygen atoms in total. The summed E-state index contributed by atoms with van der Waals surface area (Å²) in [6.45, 7) is 2.03. The molecule has 1 atom stereocenters. The molecule has 5 heteroatoms. The first-order valence-corrected chi connectivity index (χ1v) is 7.36. The molecule has 0 aliphatic rings. The van der Waals surface area contributed by atoms with E-state index in [-0.39, 0.29) is 6.04 Å². The molecule has 0 radical (unpaired) electrons. The van der Waals surface area contributed by atoms with Crippen LogP contribution in [0.3, 0.4) is 0 Å². The van der Waals surface area contributed by atoms with Gasteiger partial charge >= 0.3 is 0 Å². The predicted octanol–water partition coefficient (Wildman–Crippen LogP) is 3.22. The summed E-state index contributed by atoms with van der Waals surface area (Å²) >= 11 is 5.24. The van der Waals surface area contributed by atoms with E-state index in [2.05, 4.69) is 39.2 Å². The van der Waals surface area contributed by atoms with Crippen molar-refractivity contribution in [3.8, 4) is 0 Å². The van der Waals surface area contributed by atoms with E-state index in [0.29, 0.717) is 0 Å². The number of aryl methyl sites for hydroxylation is 1. The Balaban J connectivity index is 2.27.